The lowest BCUT2D eigenvalue weighted by molar-refractivity contribution is 0.187. The Labute approximate surface area is 181 Å². The van der Waals surface area contributed by atoms with E-state index in [2.05, 4.69) is 41.4 Å². The number of carbonyl (C=O) groups is 1. The minimum absolute atomic E-state index is 0.0712. The molecular formula is C23H25ClN4O2. The average Bonchev–Trinajstić information content (AvgIpc) is 3.25. The predicted molar refractivity (Wildman–Crippen MR) is 118 cm³/mol. The van der Waals surface area contributed by atoms with Crippen LogP contribution in [-0.2, 0) is 0 Å². The lowest BCUT2D eigenvalue weighted by Crippen LogP contribution is -2.40. The Bertz CT molecular complexity index is 991. The van der Waals surface area contributed by atoms with Gasteiger partial charge in [-0.3, -0.25) is 0 Å². The van der Waals surface area contributed by atoms with Crippen LogP contribution < -0.4 is 5.32 Å². The molecule has 0 bridgehead atoms. The number of aromatic nitrogens is 2. The van der Waals surface area contributed by atoms with E-state index in [0.717, 1.165) is 24.1 Å². The lowest BCUT2D eigenvalue weighted by Gasteiger charge is -2.30. The predicted octanol–water partition coefficient (Wildman–Crippen LogP) is 5.92. The molecule has 2 aromatic carbocycles. The van der Waals surface area contributed by atoms with Crippen molar-refractivity contribution in [2.75, 3.05) is 18.4 Å². The first-order valence-corrected chi connectivity index (χ1v) is 10.6. The molecule has 0 atom stereocenters. The molecule has 156 valence electrons. The molecule has 1 aliphatic rings. The van der Waals surface area contributed by atoms with E-state index in [9.17, 15) is 4.79 Å². The molecule has 2 heterocycles. The molecule has 6 nitrogen and oxygen atoms in total. The Morgan fingerprint density at radius 2 is 1.77 bits per heavy atom. The largest absolute Gasteiger partial charge is 0.339 e. The molecule has 30 heavy (non-hydrogen) atoms. The number of hydrogen-bond donors (Lipinski definition) is 1. The van der Waals surface area contributed by atoms with E-state index >= 15 is 0 Å². The number of rotatable bonds is 4. The highest BCUT2D eigenvalue weighted by Gasteiger charge is 2.27. The number of halogens is 1. The first-order valence-electron chi connectivity index (χ1n) is 10.2. The second-order valence-corrected chi connectivity index (χ2v) is 8.37. The maximum Gasteiger partial charge on any atom is 0.321 e. The van der Waals surface area contributed by atoms with Crippen LogP contribution in [0, 0.1) is 0 Å². The topological polar surface area (TPSA) is 71.3 Å². The van der Waals surface area contributed by atoms with Crippen LogP contribution >= 0.6 is 11.6 Å². The van der Waals surface area contributed by atoms with Gasteiger partial charge in [0.15, 0.2) is 0 Å². The SMILES string of the molecule is CC(C)c1ccc(NC(=O)N2CCC(c3nc(-c4ccc(Cl)cc4)no3)CC2)cc1. The quantitative estimate of drug-likeness (QED) is 0.563. The third kappa shape index (κ3) is 4.65. The van der Waals surface area contributed by atoms with Crippen molar-refractivity contribution in [3.8, 4) is 11.4 Å². The first kappa shape index (κ1) is 20.4. The Morgan fingerprint density at radius 3 is 2.40 bits per heavy atom. The van der Waals surface area contributed by atoms with Gasteiger partial charge >= 0.3 is 6.03 Å². The number of benzene rings is 2. The van der Waals surface area contributed by atoms with Crippen LogP contribution in [0.3, 0.4) is 0 Å². The summed E-state index contributed by atoms with van der Waals surface area (Å²) in [5.74, 6) is 1.82. The van der Waals surface area contributed by atoms with Crippen molar-refractivity contribution in [1.82, 2.24) is 15.0 Å². The van der Waals surface area contributed by atoms with Crippen LogP contribution in [0.25, 0.3) is 11.4 Å². The molecule has 1 fully saturated rings. The monoisotopic (exact) mass is 424 g/mol. The Balaban J connectivity index is 1.32. The van der Waals surface area contributed by atoms with Gasteiger partial charge in [-0.15, -0.1) is 0 Å². The summed E-state index contributed by atoms with van der Waals surface area (Å²) in [6, 6.07) is 15.3. The van der Waals surface area contributed by atoms with Crippen LogP contribution in [0.1, 0.15) is 50.0 Å². The van der Waals surface area contributed by atoms with Gasteiger partial charge in [-0.05, 0) is 60.7 Å². The summed E-state index contributed by atoms with van der Waals surface area (Å²) < 4.78 is 5.50. The van der Waals surface area contributed by atoms with Crippen LogP contribution in [0.2, 0.25) is 5.02 Å². The summed E-state index contributed by atoms with van der Waals surface area (Å²) in [6.07, 6.45) is 1.59. The highest BCUT2D eigenvalue weighted by Crippen LogP contribution is 2.29. The Kier molecular flexibility index (Phi) is 6.04. The number of piperidine rings is 1. The third-order valence-corrected chi connectivity index (χ3v) is 5.76. The second-order valence-electron chi connectivity index (χ2n) is 7.93. The molecule has 1 saturated heterocycles. The number of likely N-dealkylation sites (tertiary alicyclic amines) is 1. The molecule has 0 unspecified atom stereocenters. The lowest BCUT2D eigenvalue weighted by atomic mass is 9.97. The van der Waals surface area contributed by atoms with Gasteiger partial charge < -0.3 is 14.7 Å². The standard InChI is InChI=1S/C23H25ClN4O2/c1-15(2)16-5-9-20(10-6-16)25-23(29)28-13-11-18(12-14-28)22-26-21(27-30-22)17-3-7-19(24)8-4-17/h3-10,15,18H,11-14H2,1-2H3,(H,25,29). The number of hydrogen-bond acceptors (Lipinski definition) is 4. The van der Waals surface area contributed by atoms with Crippen molar-refractivity contribution in [2.24, 2.45) is 0 Å². The van der Waals surface area contributed by atoms with Crippen molar-refractivity contribution in [2.45, 2.75) is 38.5 Å². The van der Waals surface area contributed by atoms with Crippen LogP contribution in [-0.4, -0.2) is 34.2 Å². The minimum atomic E-state index is -0.0712. The molecule has 7 heteroatoms. The van der Waals surface area contributed by atoms with Crippen molar-refractivity contribution in [3.05, 3.63) is 65.0 Å². The number of nitrogens with zero attached hydrogens (tertiary/aromatic N) is 3. The van der Waals surface area contributed by atoms with Gasteiger partial charge in [0.25, 0.3) is 0 Å². The summed E-state index contributed by atoms with van der Waals surface area (Å²) in [6.45, 7) is 5.61. The number of urea groups is 1. The van der Waals surface area contributed by atoms with Gasteiger partial charge in [-0.1, -0.05) is 42.7 Å². The maximum atomic E-state index is 12.6. The normalized spacial score (nSPS) is 14.9. The molecule has 0 saturated carbocycles. The third-order valence-electron chi connectivity index (χ3n) is 5.50. The van der Waals surface area contributed by atoms with Gasteiger partial charge in [-0.2, -0.15) is 4.98 Å². The van der Waals surface area contributed by atoms with Gasteiger partial charge in [-0.25, -0.2) is 4.79 Å². The summed E-state index contributed by atoms with van der Waals surface area (Å²) in [7, 11) is 0. The Morgan fingerprint density at radius 1 is 1.10 bits per heavy atom. The highest BCUT2D eigenvalue weighted by atomic mass is 35.5. The fourth-order valence-electron chi connectivity index (χ4n) is 3.60. The molecule has 1 aromatic heterocycles. The summed E-state index contributed by atoms with van der Waals surface area (Å²) in [4.78, 5) is 19.0. The average molecular weight is 425 g/mol. The van der Waals surface area contributed by atoms with Crippen molar-refractivity contribution < 1.29 is 9.32 Å². The fraction of sp³-hybridized carbons (Fsp3) is 0.348. The number of carbonyl (C=O) groups excluding carboxylic acids is 1. The van der Waals surface area contributed by atoms with Gasteiger partial charge in [0, 0.05) is 35.3 Å². The van der Waals surface area contributed by atoms with E-state index < -0.39 is 0 Å². The maximum absolute atomic E-state index is 12.6. The van der Waals surface area contributed by atoms with Gasteiger partial charge in [0.05, 0.1) is 0 Å². The summed E-state index contributed by atoms with van der Waals surface area (Å²) in [5.41, 5.74) is 2.94. The zero-order valence-corrected chi connectivity index (χ0v) is 17.9. The molecule has 4 rings (SSSR count). The van der Waals surface area contributed by atoms with E-state index in [-0.39, 0.29) is 11.9 Å². The van der Waals surface area contributed by atoms with Crippen molar-refractivity contribution in [3.63, 3.8) is 0 Å². The first-order chi connectivity index (χ1) is 14.5. The zero-order chi connectivity index (χ0) is 21.1. The van der Waals surface area contributed by atoms with E-state index in [4.69, 9.17) is 16.1 Å². The minimum Gasteiger partial charge on any atom is -0.339 e. The molecule has 0 spiro atoms. The van der Waals surface area contributed by atoms with Crippen molar-refractivity contribution >= 4 is 23.3 Å². The van der Waals surface area contributed by atoms with Gasteiger partial charge in [0.1, 0.15) is 0 Å². The molecule has 0 aliphatic carbocycles. The van der Waals surface area contributed by atoms with E-state index in [1.165, 1.54) is 5.56 Å². The van der Waals surface area contributed by atoms with Gasteiger partial charge in [0.2, 0.25) is 11.7 Å². The van der Waals surface area contributed by atoms with Crippen LogP contribution in [0.5, 0.6) is 0 Å². The smallest absolute Gasteiger partial charge is 0.321 e. The van der Waals surface area contributed by atoms with Crippen molar-refractivity contribution in [1.29, 1.82) is 0 Å². The van der Waals surface area contributed by atoms with Crippen LogP contribution in [0.4, 0.5) is 10.5 Å². The van der Waals surface area contributed by atoms with E-state index in [1.54, 1.807) is 12.1 Å². The number of anilines is 1. The molecular weight excluding hydrogens is 400 g/mol. The number of nitrogens with one attached hydrogen (secondary N) is 1. The highest BCUT2D eigenvalue weighted by molar-refractivity contribution is 6.30. The number of amides is 2. The molecule has 3 aromatic rings. The zero-order valence-electron chi connectivity index (χ0n) is 17.1. The summed E-state index contributed by atoms with van der Waals surface area (Å²) in [5, 5.41) is 7.76. The molecule has 0 radical (unpaired) electrons. The fourth-order valence-corrected chi connectivity index (χ4v) is 3.73. The van der Waals surface area contributed by atoms with E-state index in [1.807, 2.05) is 29.2 Å². The molecule has 1 N–H and O–H groups in total. The second kappa shape index (κ2) is 8.88. The van der Waals surface area contributed by atoms with Crippen LogP contribution in [0.15, 0.2) is 53.1 Å². The Hall–Kier alpha value is -2.86. The molecule has 1 aliphatic heterocycles. The molecule has 2 amide bonds. The summed E-state index contributed by atoms with van der Waals surface area (Å²) >= 11 is 5.93. The van der Waals surface area contributed by atoms with E-state index in [0.29, 0.717) is 35.7 Å².